The summed E-state index contributed by atoms with van der Waals surface area (Å²) < 4.78 is 38.5. The van der Waals surface area contributed by atoms with Gasteiger partial charge in [-0.1, -0.05) is 12.5 Å². The van der Waals surface area contributed by atoms with E-state index >= 15 is 0 Å². The molecule has 9 heteroatoms. The Bertz CT molecular complexity index is 706. The number of hydrogen-bond donors (Lipinski definition) is 1. The monoisotopic (exact) mass is 419 g/mol. The van der Waals surface area contributed by atoms with Gasteiger partial charge in [0, 0.05) is 43.7 Å². The van der Waals surface area contributed by atoms with Gasteiger partial charge in [-0.15, -0.1) is 12.4 Å². The van der Waals surface area contributed by atoms with Crippen LogP contribution in [0.3, 0.4) is 0 Å². The average molecular weight is 420 g/mol. The molecule has 1 aliphatic heterocycles. The first-order chi connectivity index (χ1) is 12.8. The molecule has 0 aromatic heterocycles. The van der Waals surface area contributed by atoms with E-state index in [1.807, 2.05) is 0 Å². The summed E-state index contributed by atoms with van der Waals surface area (Å²) in [7, 11) is 0. The maximum atomic E-state index is 12.8. The van der Waals surface area contributed by atoms with E-state index in [1.165, 1.54) is 17.0 Å². The van der Waals surface area contributed by atoms with Gasteiger partial charge in [-0.2, -0.15) is 13.2 Å². The van der Waals surface area contributed by atoms with Crippen LogP contribution >= 0.6 is 12.4 Å². The van der Waals surface area contributed by atoms with Crippen LogP contribution in [0, 0.1) is 5.92 Å². The molecular formula is C19H25ClF3N3O2. The van der Waals surface area contributed by atoms with Gasteiger partial charge in [0.05, 0.1) is 5.56 Å². The normalized spacial score (nSPS) is 23.1. The fourth-order valence-electron chi connectivity index (χ4n) is 3.85. The minimum atomic E-state index is -4.48. The number of nitrogens with zero attached hydrogens (tertiary/aromatic N) is 2. The number of piperazine rings is 1. The highest BCUT2D eigenvalue weighted by Crippen LogP contribution is 2.30. The Balaban J connectivity index is 0.00000280. The van der Waals surface area contributed by atoms with Crippen molar-refractivity contribution < 1.29 is 22.8 Å². The largest absolute Gasteiger partial charge is 0.416 e. The molecule has 2 amide bonds. The number of amides is 2. The second-order valence-corrected chi connectivity index (χ2v) is 7.32. The number of rotatable bonds is 2. The van der Waals surface area contributed by atoms with E-state index in [9.17, 15) is 22.8 Å². The van der Waals surface area contributed by atoms with Crippen molar-refractivity contribution in [3.05, 3.63) is 35.4 Å². The molecule has 1 aromatic rings. The van der Waals surface area contributed by atoms with Crippen LogP contribution in [0.1, 0.15) is 41.6 Å². The second-order valence-electron chi connectivity index (χ2n) is 7.32. The minimum absolute atomic E-state index is 0. The summed E-state index contributed by atoms with van der Waals surface area (Å²) in [6.07, 6.45) is -1.05. The molecule has 2 N–H and O–H groups in total. The van der Waals surface area contributed by atoms with Gasteiger partial charge >= 0.3 is 6.18 Å². The predicted octanol–water partition coefficient (Wildman–Crippen LogP) is 2.93. The van der Waals surface area contributed by atoms with Crippen molar-refractivity contribution in [1.29, 1.82) is 0 Å². The number of carbonyl (C=O) groups is 2. The van der Waals surface area contributed by atoms with Gasteiger partial charge in [0.1, 0.15) is 0 Å². The topological polar surface area (TPSA) is 66.6 Å². The third-order valence-corrected chi connectivity index (χ3v) is 5.38. The van der Waals surface area contributed by atoms with Crippen molar-refractivity contribution in [2.45, 2.75) is 37.9 Å². The number of hydrogen-bond acceptors (Lipinski definition) is 3. The Morgan fingerprint density at radius 1 is 1.04 bits per heavy atom. The lowest BCUT2D eigenvalue weighted by Crippen LogP contribution is -2.52. The van der Waals surface area contributed by atoms with Crippen molar-refractivity contribution in [1.82, 2.24) is 9.80 Å². The fraction of sp³-hybridized carbons (Fsp3) is 0.579. The molecule has 1 aliphatic carbocycles. The Kier molecular flexibility index (Phi) is 7.33. The van der Waals surface area contributed by atoms with Crippen molar-refractivity contribution in [2.24, 2.45) is 11.7 Å². The predicted molar refractivity (Wildman–Crippen MR) is 101 cm³/mol. The number of nitrogens with two attached hydrogens (primary N) is 1. The Morgan fingerprint density at radius 3 is 2.29 bits per heavy atom. The summed E-state index contributed by atoms with van der Waals surface area (Å²) in [5, 5.41) is 0. The molecule has 3 rings (SSSR count). The first-order valence-electron chi connectivity index (χ1n) is 9.26. The molecule has 1 heterocycles. The summed E-state index contributed by atoms with van der Waals surface area (Å²) in [4.78, 5) is 28.4. The van der Waals surface area contributed by atoms with Gasteiger partial charge in [0.15, 0.2) is 0 Å². The molecule has 1 aromatic carbocycles. The van der Waals surface area contributed by atoms with Crippen LogP contribution in [0.2, 0.25) is 0 Å². The van der Waals surface area contributed by atoms with Crippen molar-refractivity contribution >= 4 is 24.2 Å². The van der Waals surface area contributed by atoms with Gasteiger partial charge in [0.2, 0.25) is 5.91 Å². The van der Waals surface area contributed by atoms with Crippen molar-refractivity contribution in [3.8, 4) is 0 Å². The highest BCUT2D eigenvalue weighted by molar-refractivity contribution is 5.94. The van der Waals surface area contributed by atoms with Crippen molar-refractivity contribution in [2.75, 3.05) is 26.2 Å². The average Bonchev–Trinajstić information content (AvgIpc) is 2.66. The maximum absolute atomic E-state index is 12.8. The van der Waals surface area contributed by atoms with E-state index in [4.69, 9.17) is 5.73 Å². The van der Waals surface area contributed by atoms with Crippen LogP contribution in [-0.2, 0) is 11.0 Å². The summed E-state index contributed by atoms with van der Waals surface area (Å²) in [5.41, 5.74) is 5.14. The molecule has 2 atom stereocenters. The SMILES string of the molecule is Cl.NC1CCCC(C(=O)N2CCN(C(=O)c3cccc(C(F)(F)F)c3)CC2)C1. The smallest absolute Gasteiger partial charge is 0.339 e. The molecule has 0 radical (unpaired) electrons. The lowest BCUT2D eigenvalue weighted by atomic mass is 9.85. The third kappa shape index (κ3) is 5.17. The van der Waals surface area contributed by atoms with E-state index < -0.39 is 17.6 Å². The molecule has 0 bridgehead atoms. The summed E-state index contributed by atoms with van der Waals surface area (Å²) >= 11 is 0. The fourth-order valence-corrected chi connectivity index (χ4v) is 3.85. The first kappa shape index (κ1) is 22.5. The summed E-state index contributed by atoms with van der Waals surface area (Å²) in [6, 6.07) is 4.52. The Hall–Kier alpha value is -1.80. The number of alkyl halides is 3. The van der Waals surface area contributed by atoms with E-state index in [0.29, 0.717) is 32.6 Å². The quantitative estimate of drug-likeness (QED) is 0.801. The molecule has 156 valence electrons. The molecule has 1 saturated heterocycles. The number of benzene rings is 1. The molecule has 5 nitrogen and oxygen atoms in total. The Morgan fingerprint density at radius 2 is 1.68 bits per heavy atom. The zero-order valence-electron chi connectivity index (χ0n) is 15.5. The molecule has 0 spiro atoms. The summed E-state index contributed by atoms with van der Waals surface area (Å²) in [5.74, 6) is -0.413. The van der Waals surface area contributed by atoms with E-state index in [0.717, 1.165) is 31.4 Å². The molecule has 2 fully saturated rings. The summed E-state index contributed by atoms with van der Waals surface area (Å²) in [6.45, 7) is 1.43. The van der Waals surface area contributed by atoms with Crippen LogP contribution in [0.5, 0.6) is 0 Å². The van der Waals surface area contributed by atoms with E-state index in [1.54, 1.807) is 4.90 Å². The minimum Gasteiger partial charge on any atom is -0.339 e. The zero-order chi connectivity index (χ0) is 19.6. The second kappa shape index (κ2) is 9.13. The number of halogens is 4. The van der Waals surface area contributed by atoms with Crippen LogP contribution in [-0.4, -0.2) is 53.8 Å². The lowest BCUT2D eigenvalue weighted by molar-refractivity contribution is -0.138. The highest BCUT2D eigenvalue weighted by Gasteiger charge is 2.33. The van der Waals surface area contributed by atoms with Gasteiger partial charge in [0.25, 0.3) is 5.91 Å². The van der Waals surface area contributed by atoms with Gasteiger partial charge in [-0.05, 0) is 37.5 Å². The number of carbonyl (C=O) groups excluding carboxylic acids is 2. The van der Waals surface area contributed by atoms with Gasteiger partial charge < -0.3 is 15.5 Å². The standard InChI is InChI=1S/C19H24F3N3O2.ClH/c20-19(21,22)15-5-1-3-13(11-15)17(26)24-7-9-25(10-8-24)18(27)14-4-2-6-16(23)12-14;/h1,3,5,11,14,16H,2,4,6-10,12,23H2;1H. The van der Waals surface area contributed by atoms with Crippen LogP contribution in [0.4, 0.5) is 13.2 Å². The lowest BCUT2D eigenvalue weighted by Gasteiger charge is -2.37. The van der Waals surface area contributed by atoms with E-state index in [2.05, 4.69) is 0 Å². The molecule has 2 unspecified atom stereocenters. The van der Waals surface area contributed by atoms with E-state index in [-0.39, 0.29) is 35.8 Å². The molecule has 2 aliphatic rings. The third-order valence-electron chi connectivity index (χ3n) is 5.38. The van der Waals surface area contributed by atoms with Gasteiger partial charge in [-0.25, -0.2) is 0 Å². The van der Waals surface area contributed by atoms with Gasteiger partial charge in [-0.3, -0.25) is 9.59 Å². The van der Waals surface area contributed by atoms with Crippen LogP contribution < -0.4 is 5.73 Å². The van der Waals surface area contributed by atoms with Crippen LogP contribution in [0.15, 0.2) is 24.3 Å². The van der Waals surface area contributed by atoms with Crippen LogP contribution in [0.25, 0.3) is 0 Å². The maximum Gasteiger partial charge on any atom is 0.416 e. The first-order valence-corrected chi connectivity index (χ1v) is 9.26. The Labute approximate surface area is 168 Å². The highest BCUT2D eigenvalue weighted by atomic mass is 35.5. The molecule has 1 saturated carbocycles. The molecule has 28 heavy (non-hydrogen) atoms. The van der Waals surface area contributed by atoms with Crippen molar-refractivity contribution in [3.63, 3.8) is 0 Å². The zero-order valence-corrected chi connectivity index (χ0v) is 16.3. The molecular weight excluding hydrogens is 395 g/mol.